The molecule has 0 aromatic heterocycles. The number of hydrazone groups is 1. The maximum Gasteiger partial charge on any atom is 0.166 e. The third-order valence-electron chi connectivity index (χ3n) is 6.12. The van der Waals surface area contributed by atoms with Gasteiger partial charge in [0.2, 0.25) is 0 Å². The number of aliphatic imine (C=N–C) groups is 2. The van der Waals surface area contributed by atoms with Crippen molar-refractivity contribution in [2.75, 3.05) is 0 Å². The van der Waals surface area contributed by atoms with Crippen LogP contribution in [0, 0.1) is 22.2 Å². The summed E-state index contributed by atoms with van der Waals surface area (Å²) in [6.07, 6.45) is 4.63. The molecular weight excluding hydrogens is 320 g/mol. The van der Waals surface area contributed by atoms with Crippen LogP contribution in [0.1, 0.15) is 94.9 Å². The van der Waals surface area contributed by atoms with Crippen molar-refractivity contribution >= 4 is 17.3 Å². The molecular formula is C22H40N4. The monoisotopic (exact) mass is 360 g/mol. The number of hydrogen-bond acceptors (Lipinski definition) is 4. The molecule has 2 rings (SSSR count). The lowest BCUT2D eigenvalue weighted by atomic mass is 9.72. The summed E-state index contributed by atoms with van der Waals surface area (Å²) in [5.41, 5.74) is 5.46. The summed E-state index contributed by atoms with van der Waals surface area (Å²) in [5, 5.41) is 4.75. The van der Waals surface area contributed by atoms with Gasteiger partial charge in [-0.3, -0.25) is 10.4 Å². The molecule has 148 valence electrons. The Kier molecular flexibility index (Phi) is 5.49. The topological polar surface area (TPSA) is 49.1 Å². The van der Waals surface area contributed by atoms with E-state index in [1.165, 1.54) is 18.6 Å². The van der Waals surface area contributed by atoms with Crippen molar-refractivity contribution in [2.45, 2.75) is 101 Å². The van der Waals surface area contributed by atoms with Gasteiger partial charge in [-0.05, 0) is 43.9 Å². The third-order valence-corrected chi connectivity index (χ3v) is 6.12. The van der Waals surface area contributed by atoms with E-state index in [2.05, 4.69) is 74.7 Å². The molecule has 0 aromatic carbocycles. The van der Waals surface area contributed by atoms with Gasteiger partial charge in [-0.25, -0.2) is 4.99 Å². The molecule has 0 aromatic rings. The minimum absolute atomic E-state index is 0.0369. The molecule has 1 aliphatic carbocycles. The average molecular weight is 361 g/mol. The highest BCUT2D eigenvalue weighted by Crippen LogP contribution is 2.40. The van der Waals surface area contributed by atoms with Gasteiger partial charge in [-0.2, -0.15) is 5.10 Å². The first-order chi connectivity index (χ1) is 11.6. The smallest absolute Gasteiger partial charge is 0.166 e. The maximum atomic E-state index is 5.03. The predicted molar refractivity (Wildman–Crippen MR) is 114 cm³/mol. The molecule has 26 heavy (non-hydrogen) atoms. The zero-order valence-corrected chi connectivity index (χ0v) is 18.7. The van der Waals surface area contributed by atoms with Gasteiger partial charge in [0.05, 0.1) is 5.71 Å². The molecule has 0 amide bonds. The highest BCUT2D eigenvalue weighted by atomic mass is 15.4. The van der Waals surface area contributed by atoms with Gasteiger partial charge >= 0.3 is 0 Å². The van der Waals surface area contributed by atoms with Gasteiger partial charge in [0.25, 0.3) is 0 Å². The third kappa shape index (κ3) is 4.55. The van der Waals surface area contributed by atoms with Crippen molar-refractivity contribution in [3.8, 4) is 0 Å². The Morgan fingerprint density at radius 2 is 1.46 bits per heavy atom. The van der Waals surface area contributed by atoms with Crippen molar-refractivity contribution in [3.05, 3.63) is 0 Å². The Bertz CT molecular complexity index is 610. The minimum atomic E-state index is -0.442. The number of nitrogens with one attached hydrogen (secondary N) is 1. The molecule has 4 heteroatoms. The van der Waals surface area contributed by atoms with Gasteiger partial charge in [0, 0.05) is 16.5 Å². The lowest BCUT2D eigenvalue weighted by molar-refractivity contribution is 0.208. The Morgan fingerprint density at radius 1 is 0.923 bits per heavy atom. The van der Waals surface area contributed by atoms with Gasteiger partial charge in [-0.15, -0.1) is 0 Å². The lowest BCUT2D eigenvalue weighted by Gasteiger charge is -2.34. The number of hydrogen-bond donors (Lipinski definition) is 1. The van der Waals surface area contributed by atoms with E-state index in [4.69, 9.17) is 15.1 Å². The molecule has 1 aliphatic heterocycles. The van der Waals surface area contributed by atoms with Crippen molar-refractivity contribution in [3.63, 3.8) is 0 Å². The van der Waals surface area contributed by atoms with Crippen molar-refractivity contribution in [1.29, 1.82) is 0 Å². The molecule has 1 atom stereocenters. The SMILES string of the molecule is CC(C)(C)C1=NC(C)(C(C)(C)C)N=C1NN=C1CCC(C(C)(C)C)CC1. The van der Waals surface area contributed by atoms with Crippen LogP contribution in [0.15, 0.2) is 15.1 Å². The highest BCUT2D eigenvalue weighted by Gasteiger charge is 2.44. The van der Waals surface area contributed by atoms with Gasteiger partial charge in [0.15, 0.2) is 11.5 Å². The molecule has 1 saturated carbocycles. The average Bonchev–Trinajstić information content (AvgIpc) is 2.83. The zero-order valence-electron chi connectivity index (χ0n) is 18.7. The number of nitrogens with zero attached hydrogens (tertiary/aromatic N) is 3. The number of rotatable bonds is 1. The maximum absolute atomic E-state index is 5.03. The standard InChI is InChI=1S/C22H40N4/c1-19(2,3)15-11-13-16(14-12-15)25-26-18-17(20(4,5)6)23-22(10,24-18)21(7,8)9/h15H,11-14H2,1-10H3,(H,24,26). The summed E-state index contributed by atoms with van der Waals surface area (Å²) in [5.74, 6) is 1.64. The van der Waals surface area contributed by atoms with Crippen LogP contribution in [-0.2, 0) is 0 Å². The second-order valence-electron chi connectivity index (χ2n) is 11.4. The quantitative estimate of drug-likeness (QED) is 0.588. The van der Waals surface area contributed by atoms with Crippen LogP contribution in [0.2, 0.25) is 0 Å². The molecule has 1 heterocycles. The first kappa shape index (κ1) is 21.1. The molecule has 1 N–H and O–H groups in total. The molecule has 1 fully saturated rings. The van der Waals surface area contributed by atoms with Crippen LogP contribution in [0.3, 0.4) is 0 Å². The Morgan fingerprint density at radius 3 is 1.88 bits per heavy atom. The van der Waals surface area contributed by atoms with Crippen molar-refractivity contribution < 1.29 is 0 Å². The second kappa shape index (κ2) is 6.76. The molecule has 4 nitrogen and oxygen atoms in total. The normalized spacial score (nSPS) is 27.9. The van der Waals surface area contributed by atoms with E-state index in [1.807, 2.05) is 0 Å². The van der Waals surface area contributed by atoms with Crippen molar-refractivity contribution in [2.24, 2.45) is 37.2 Å². The Labute approximate surface area is 161 Å². The minimum Gasteiger partial charge on any atom is -0.260 e. The van der Waals surface area contributed by atoms with E-state index in [1.54, 1.807) is 0 Å². The zero-order chi connectivity index (χ0) is 20.0. The Balaban J connectivity index is 2.16. The van der Waals surface area contributed by atoms with Gasteiger partial charge in [0.1, 0.15) is 0 Å². The fourth-order valence-corrected chi connectivity index (χ4v) is 3.56. The van der Waals surface area contributed by atoms with E-state index >= 15 is 0 Å². The van der Waals surface area contributed by atoms with Crippen LogP contribution in [-0.4, -0.2) is 22.9 Å². The largest absolute Gasteiger partial charge is 0.260 e. The van der Waals surface area contributed by atoms with Crippen LogP contribution in [0.25, 0.3) is 0 Å². The van der Waals surface area contributed by atoms with E-state index in [9.17, 15) is 0 Å². The molecule has 0 bridgehead atoms. The van der Waals surface area contributed by atoms with Crippen LogP contribution >= 0.6 is 0 Å². The first-order valence-corrected chi connectivity index (χ1v) is 10.2. The number of amidine groups is 1. The van der Waals surface area contributed by atoms with E-state index < -0.39 is 5.66 Å². The van der Waals surface area contributed by atoms with E-state index in [0.29, 0.717) is 5.41 Å². The second-order valence-corrected chi connectivity index (χ2v) is 11.4. The van der Waals surface area contributed by atoms with E-state index in [0.717, 1.165) is 30.3 Å². The van der Waals surface area contributed by atoms with E-state index in [-0.39, 0.29) is 10.8 Å². The van der Waals surface area contributed by atoms with Crippen LogP contribution in [0.5, 0.6) is 0 Å². The summed E-state index contributed by atoms with van der Waals surface area (Å²) in [6.45, 7) is 22.3. The van der Waals surface area contributed by atoms with Gasteiger partial charge in [-0.1, -0.05) is 62.3 Å². The molecule has 0 spiro atoms. The molecule has 0 radical (unpaired) electrons. The summed E-state index contributed by atoms with van der Waals surface area (Å²) in [6, 6.07) is 0. The van der Waals surface area contributed by atoms with Crippen molar-refractivity contribution in [1.82, 2.24) is 5.43 Å². The summed E-state index contributed by atoms with van der Waals surface area (Å²) < 4.78 is 0. The summed E-state index contributed by atoms with van der Waals surface area (Å²) >= 11 is 0. The lowest BCUT2D eigenvalue weighted by Crippen LogP contribution is -2.35. The van der Waals surface area contributed by atoms with Gasteiger partial charge < -0.3 is 0 Å². The summed E-state index contributed by atoms with van der Waals surface area (Å²) in [7, 11) is 0. The first-order valence-electron chi connectivity index (χ1n) is 10.2. The summed E-state index contributed by atoms with van der Waals surface area (Å²) in [4.78, 5) is 10.0. The Hall–Kier alpha value is -1.19. The fourth-order valence-electron chi connectivity index (χ4n) is 3.56. The van der Waals surface area contributed by atoms with Crippen LogP contribution in [0.4, 0.5) is 0 Å². The molecule has 2 aliphatic rings. The molecule has 1 unspecified atom stereocenters. The highest BCUT2D eigenvalue weighted by molar-refractivity contribution is 6.44. The predicted octanol–water partition coefficient (Wildman–Crippen LogP) is 5.83. The fraction of sp³-hybridized carbons (Fsp3) is 0.864. The van der Waals surface area contributed by atoms with Crippen LogP contribution < -0.4 is 5.43 Å². The molecule has 0 saturated heterocycles.